The molecule has 76 valence electrons. The molecule has 1 N–H and O–H groups in total. The Kier molecular flexibility index (Phi) is 2.66. The molecule has 0 saturated carbocycles. The van der Waals surface area contributed by atoms with Crippen LogP contribution in [0, 0.1) is 0 Å². The largest absolute Gasteiger partial charge is 0.476 e. The third-order valence-corrected chi connectivity index (χ3v) is 1.64. The fraction of sp³-hybridized carbons (Fsp3) is 0.143. The zero-order chi connectivity index (χ0) is 10.9. The summed E-state index contributed by atoms with van der Waals surface area (Å²) in [5.74, 6) is -1.60. The number of rotatable bonds is 1. The van der Waals surface area contributed by atoms with Gasteiger partial charge in [-0.15, -0.1) is 0 Å². The van der Waals surface area contributed by atoms with Crippen molar-refractivity contribution in [2.24, 2.45) is 0 Å². The molecule has 0 aliphatic heterocycles. The Labute approximate surface area is 81.1 Å². The SMILES string of the molecule is O=C(O)c1nc(C(F)(F)F)ccc1Cl. The molecule has 1 rings (SSSR count). The van der Waals surface area contributed by atoms with Gasteiger partial charge in [-0.1, -0.05) is 11.6 Å². The molecule has 0 atom stereocenters. The van der Waals surface area contributed by atoms with Gasteiger partial charge >= 0.3 is 12.1 Å². The van der Waals surface area contributed by atoms with Crippen molar-refractivity contribution in [3.63, 3.8) is 0 Å². The van der Waals surface area contributed by atoms with Gasteiger partial charge in [0.1, 0.15) is 5.69 Å². The van der Waals surface area contributed by atoms with E-state index in [-0.39, 0.29) is 5.02 Å². The maximum absolute atomic E-state index is 12.1. The van der Waals surface area contributed by atoms with Crippen LogP contribution in [0.3, 0.4) is 0 Å². The van der Waals surface area contributed by atoms with E-state index in [4.69, 9.17) is 16.7 Å². The molecule has 1 heterocycles. The number of pyridine rings is 1. The summed E-state index contributed by atoms with van der Waals surface area (Å²) in [6.07, 6.45) is -4.67. The van der Waals surface area contributed by atoms with E-state index in [0.29, 0.717) is 6.07 Å². The minimum Gasteiger partial charge on any atom is -0.476 e. The number of alkyl halides is 3. The topological polar surface area (TPSA) is 50.2 Å². The van der Waals surface area contributed by atoms with E-state index in [0.717, 1.165) is 6.07 Å². The van der Waals surface area contributed by atoms with Crippen LogP contribution >= 0.6 is 11.6 Å². The summed E-state index contributed by atoms with van der Waals surface area (Å²) in [6.45, 7) is 0. The van der Waals surface area contributed by atoms with E-state index in [2.05, 4.69) is 4.98 Å². The van der Waals surface area contributed by atoms with E-state index < -0.39 is 23.5 Å². The first-order chi connectivity index (χ1) is 6.32. The fourth-order valence-electron chi connectivity index (χ4n) is 0.750. The van der Waals surface area contributed by atoms with Crippen LogP contribution in [0.5, 0.6) is 0 Å². The van der Waals surface area contributed by atoms with Gasteiger partial charge in [-0.2, -0.15) is 13.2 Å². The lowest BCUT2D eigenvalue weighted by molar-refractivity contribution is -0.141. The lowest BCUT2D eigenvalue weighted by Gasteiger charge is -2.06. The van der Waals surface area contributed by atoms with Gasteiger partial charge in [0, 0.05) is 0 Å². The molecule has 14 heavy (non-hydrogen) atoms. The zero-order valence-corrected chi connectivity index (χ0v) is 7.23. The molecule has 0 aromatic carbocycles. The highest BCUT2D eigenvalue weighted by atomic mass is 35.5. The maximum atomic E-state index is 12.1. The van der Waals surface area contributed by atoms with Crippen molar-refractivity contribution in [2.75, 3.05) is 0 Å². The second-order valence-electron chi connectivity index (χ2n) is 2.33. The lowest BCUT2D eigenvalue weighted by atomic mass is 10.3. The maximum Gasteiger partial charge on any atom is 0.433 e. The van der Waals surface area contributed by atoms with Crippen LogP contribution < -0.4 is 0 Å². The first-order valence-electron chi connectivity index (χ1n) is 3.29. The summed E-state index contributed by atoms with van der Waals surface area (Å²) in [6, 6.07) is 1.47. The van der Waals surface area contributed by atoms with Gasteiger partial charge < -0.3 is 5.11 Å². The predicted molar refractivity (Wildman–Crippen MR) is 41.2 cm³/mol. The normalized spacial score (nSPS) is 11.4. The Morgan fingerprint density at radius 2 is 2.00 bits per heavy atom. The van der Waals surface area contributed by atoms with Crippen LogP contribution in [0.2, 0.25) is 5.02 Å². The van der Waals surface area contributed by atoms with Crippen LogP contribution in [0.25, 0.3) is 0 Å². The summed E-state index contributed by atoms with van der Waals surface area (Å²) >= 11 is 5.33. The van der Waals surface area contributed by atoms with Gasteiger partial charge in [0.15, 0.2) is 5.69 Å². The van der Waals surface area contributed by atoms with Gasteiger partial charge in [-0.05, 0) is 12.1 Å². The molecule has 1 aromatic heterocycles. The summed E-state index contributed by atoms with van der Waals surface area (Å²) in [7, 11) is 0. The van der Waals surface area contributed by atoms with Gasteiger partial charge in [-0.25, -0.2) is 9.78 Å². The number of halogens is 4. The molecular weight excluding hydrogens is 223 g/mol. The number of hydrogen-bond acceptors (Lipinski definition) is 2. The molecule has 0 fully saturated rings. The summed E-state index contributed by atoms with van der Waals surface area (Å²) in [5, 5.41) is 8.11. The van der Waals surface area contributed by atoms with Crippen LogP contribution in [0.15, 0.2) is 12.1 Å². The van der Waals surface area contributed by atoms with Crippen molar-refractivity contribution in [1.82, 2.24) is 4.98 Å². The van der Waals surface area contributed by atoms with Crippen LogP contribution in [-0.4, -0.2) is 16.1 Å². The second kappa shape index (κ2) is 3.45. The highest BCUT2D eigenvalue weighted by Crippen LogP contribution is 2.29. The Morgan fingerprint density at radius 1 is 1.43 bits per heavy atom. The zero-order valence-electron chi connectivity index (χ0n) is 6.47. The average molecular weight is 226 g/mol. The highest BCUT2D eigenvalue weighted by molar-refractivity contribution is 6.33. The van der Waals surface area contributed by atoms with E-state index in [1.807, 2.05) is 0 Å². The van der Waals surface area contributed by atoms with Crippen molar-refractivity contribution in [3.8, 4) is 0 Å². The molecule has 0 unspecified atom stereocenters. The third kappa shape index (κ3) is 2.14. The molecule has 0 aliphatic carbocycles. The first kappa shape index (κ1) is 10.8. The highest BCUT2D eigenvalue weighted by Gasteiger charge is 2.33. The second-order valence-corrected chi connectivity index (χ2v) is 2.74. The minimum absolute atomic E-state index is 0.328. The summed E-state index contributed by atoms with van der Waals surface area (Å²) in [5.41, 5.74) is -2.08. The molecule has 7 heteroatoms. The van der Waals surface area contributed by atoms with E-state index in [1.54, 1.807) is 0 Å². The first-order valence-corrected chi connectivity index (χ1v) is 3.67. The minimum atomic E-state index is -4.67. The Morgan fingerprint density at radius 3 is 2.43 bits per heavy atom. The van der Waals surface area contributed by atoms with E-state index >= 15 is 0 Å². The van der Waals surface area contributed by atoms with Crippen molar-refractivity contribution in [1.29, 1.82) is 0 Å². The molecule has 0 radical (unpaired) electrons. The molecular formula is C7H3ClF3NO2. The number of aromatic nitrogens is 1. The van der Waals surface area contributed by atoms with Crippen molar-refractivity contribution in [3.05, 3.63) is 28.5 Å². The molecule has 0 spiro atoms. The average Bonchev–Trinajstić information content (AvgIpc) is 2.02. The number of hydrogen-bond donors (Lipinski definition) is 1. The van der Waals surface area contributed by atoms with Gasteiger partial charge in [0.05, 0.1) is 5.02 Å². The standard InChI is InChI=1S/C7H3ClF3NO2/c8-3-1-2-4(7(9,10)11)12-5(3)6(13)14/h1-2H,(H,13,14). The summed E-state index contributed by atoms with van der Waals surface area (Å²) in [4.78, 5) is 13.3. The monoisotopic (exact) mass is 225 g/mol. The molecule has 0 bridgehead atoms. The number of carboxylic acids is 1. The molecule has 0 amide bonds. The molecule has 0 saturated heterocycles. The van der Waals surface area contributed by atoms with E-state index in [1.165, 1.54) is 0 Å². The van der Waals surface area contributed by atoms with Gasteiger partial charge in [-0.3, -0.25) is 0 Å². The smallest absolute Gasteiger partial charge is 0.433 e. The third-order valence-electron chi connectivity index (χ3n) is 1.34. The van der Waals surface area contributed by atoms with Crippen molar-refractivity contribution >= 4 is 17.6 Å². The van der Waals surface area contributed by atoms with Gasteiger partial charge in [0.2, 0.25) is 0 Å². The Hall–Kier alpha value is -1.30. The van der Waals surface area contributed by atoms with Crippen LogP contribution in [-0.2, 0) is 6.18 Å². The van der Waals surface area contributed by atoms with Crippen LogP contribution in [0.1, 0.15) is 16.2 Å². The molecule has 3 nitrogen and oxygen atoms in total. The predicted octanol–water partition coefficient (Wildman–Crippen LogP) is 2.45. The van der Waals surface area contributed by atoms with Crippen LogP contribution in [0.4, 0.5) is 13.2 Å². The molecule has 1 aromatic rings. The molecule has 0 aliphatic rings. The summed E-state index contributed by atoms with van der Waals surface area (Å²) < 4.78 is 36.2. The Bertz CT molecular complexity index is 378. The fourth-order valence-corrected chi connectivity index (χ4v) is 0.936. The van der Waals surface area contributed by atoms with Crippen molar-refractivity contribution in [2.45, 2.75) is 6.18 Å². The number of carboxylic acid groups (broad SMARTS) is 1. The van der Waals surface area contributed by atoms with Crippen molar-refractivity contribution < 1.29 is 23.1 Å². The van der Waals surface area contributed by atoms with Gasteiger partial charge in [0.25, 0.3) is 0 Å². The number of carbonyl (C=O) groups is 1. The Balaban J connectivity index is 3.27. The quantitative estimate of drug-likeness (QED) is 0.799. The number of aromatic carboxylic acids is 1. The lowest BCUT2D eigenvalue weighted by Crippen LogP contribution is -2.12. The van der Waals surface area contributed by atoms with E-state index in [9.17, 15) is 18.0 Å². The number of nitrogens with zero attached hydrogens (tertiary/aromatic N) is 1.